The third kappa shape index (κ3) is 20.8. The zero-order valence-electron chi connectivity index (χ0n) is 18.5. The van der Waals surface area contributed by atoms with Crippen LogP contribution in [-0.4, -0.2) is 22.8 Å². The van der Waals surface area contributed by atoms with Crippen molar-refractivity contribution in [3.05, 3.63) is 0 Å². The molecular formula is C22H47O5P. The second kappa shape index (κ2) is 21.8. The van der Waals surface area contributed by atoms with Gasteiger partial charge in [-0.2, -0.15) is 0 Å². The Bertz CT molecular complexity index is 311. The first-order valence-electron chi connectivity index (χ1n) is 11.8. The monoisotopic (exact) mass is 422 g/mol. The van der Waals surface area contributed by atoms with Crippen molar-refractivity contribution < 1.29 is 23.8 Å². The average molecular weight is 423 g/mol. The Morgan fingerprint density at radius 1 is 0.571 bits per heavy atom. The minimum atomic E-state index is -2.85. The highest BCUT2D eigenvalue weighted by molar-refractivity contribution is 7.33. The van der Waals surface area contributed by atoms with E-state index in [4.69, 9.17) is 9.05 Å². The molecular weight excluding hydrogens is 375 g/mol. The van der Waals surface area contributed by atoms with Gasteiger partial charge in [-0.1, -0.05) is 104 Å². The maximum atomic E-state index is 11.8. The molecule has 0 saturated heterocycles. The van der Waals surface area contributed by atoms with Crippen LogP contribution in [0.15, 0.2) is 0 Å². The molecule has 0 spiro atoms. The van der Waals surface area contributed by atoms with Gasteiger partial charge >= 0.3 is 8.25 Å². The summed E-state index contributed by atoms with van der Waals surface area (Å²) in [7, 11) is -2.85. The van der Waals surface area contributed by atoms with Crippen molar-refractivity contribution in [1.82, 2.24) is 0 Å². The molecule has 0 amide bonds. The van der Waals surface area contributed by atoms with Crippen molar-refractivity contribution in [2.75, 3.05) is 0 Å². The van der Waals surface area contributed by atoms with Crippen LogP contribution >= 0.6 is 8.25 Å². The van der Waals surface area contributed by atoms with E-state index in [1.807, 2.05) is 0 Å². The lowest BCUT2D eigenvalue weighted by Gasteiger charge is -2.15. The quantitative estimate of drug-likeness (QED) is 0.110. The summed E-state index contributed by atoms with van der Waals surface area (Å²) >= 11 is 0. The lowest BCUT2D eigenvalue weighted by molar-refractivity contribution is -0.0648. The van der Waals surface area contributed by atoms with Crippen LogP contribution in [0.1, 0.15) is 129 Å². The Labute approximate surface area is 174 Å². The van der Waals surface area contributed by atoms with Gasteiger partial charge in [-0.15, -0.1) is 0 Å². The van der Waals surface area contributed by atoms with Gasteiger partial charge in [0.2, 0.25) is 0 Å². The molecule has 0 bridgehead atoms. The summed E-state index contributed by atoms with van der Waals surface area (Å²) in [5, 5.41) is 19.6. The third-order valence-electron chi connectivity index (χ3n) is 5.07. The molecule has 2 unspecified atom stereocenters. The molecule has 2 atom stereocenters. The molecule has 0 aliphatic carbocycles. The highest BCUT2D eigenvalue weighted by Gasteiger charge is 2.13. The van der Waals surface area contributed by atoms with Gasteiger partial charge in [-0.25, -0.2) is 0 Å². The van der Waals surface area contributed by atoms with Crippen LogP contribution in [0, 0.1) is 0 Å². The standard InChI is InChI=1S/C22H47O5P/c1-3-5-7-9-11-13-15-17-19-21(23)26-28(25)27-22(24)20-18-16-14-12-10-8-6-4-2/h21-24,28H,3-20H2,1-2H3. The molecule has 0 heterocycles. The first-order chi connectivity index (χ1) is 13.6. The molecule has 28 heavy (non-hydrogen) atoms. The number of aliphatic hydroxyl groups is 2. The van der Waals surface area contributed by atoms with Crippen LogP contribution in [0.2, 0.25) is 0 Å². The number of rotatable bonds is 22. The minimum Gasteiger partial charge on any atom is -0.368 e. The van der Waals surface area contributed by atoms with Gasteiger partial charge in [0.05, 0.1) is 0 Å². The van der Waals surface area contributed by atoms with Crippen LogP contribution < -0.4 is 0 Å². The highest BCUT2D eigenvalue weighted by atomic mass is 31.1. The fraction of sp³-hybridized carbons (Fsp3) is 1.00. The summed E-state index contributed by atoms with van der Waals surface area (Å²) in [5.74, 6) is 0. The first-order valence-corrected chi connectivity index (χ1v) is 13.1. The van der Waals surface area contributed by atoms with Gasteiger partial charge in [-0.3, -0.25) is 13.6 Å². The van der Waals surface area contributed by atoms with Crippen molar-refractivity contribution in [2.45, 2.75) is 142 Å². The Morgan fingerprint density at radius 2 is 0.857 bits per heavy atom. The number of hydrogen-bond donors (Lipinski definition) is 2. The molecule has 0 aromatic rings. The van der Waals surface area contributed by atoms with Gasteiger partial charge in [0.15, 0.2) is 12.6 Å². The van der Waals surface area contributed by atoms with Gasteiger partial charge < -0.3 is 10.2 Å². The molecule has 0 radical (unpaired) electrons. The first kappa shape index (κ1) is 28.1. The van der Waals surface area contributed by atoms with Crippen molar-refractivity contribution in [1.29, 1.82) is 0 Å². The SMILES string of the molecule is CCCCCCCCCCC(O)O[PH](=O)OC(O)CCCCCCCCCC. The fourth-order valence-corrected chi connectivity index (χ4v) is 4.01. The lowest BCUT2D eigenvalue weighted by atomic mass is 10.1. The van der Waals surface area contributed by atoms with E-state index < -0.39 is 20.8 Å². The molecule has 0 rings (SSSR count). The normalized spacial score (nSPS) is 14.9. The van der Waals surface area contributed by atoms with E-state index in [1.165, 1.54) is 77.0 Å². The van der Waals surface area contributed by atoms with Crippen LogP contribution in [-0.2, 0) is 13.6 Å². The maximum Gasteiger partial charge on any atom is 0.323 e. The van der Waals surface area contributed by atoms with Crippen molar-refractivity contribution in [3.8, 4) is 0 Å². The van der Waals surface area contributed by atoms with Gasteiger partial charge in [-0.05, 0) is 25.7 Å². The van der Waals surface area contributed by atoms with Gasteiger partial charge in [0, 0.05) is 0 Å². The maximum absolute atomic E-state index is 11.8. The average Bonchev–Trinajstić information content (AvgIpc) is 2.65. The number of unbranched alkanes of at least 4 members (excludes halogenated alkanes) is 14. The second-order valence-corrected chi connectivity index (χ2v) is 8.89. The lowest BCUT2D eigenvalue weighted by Crippen LogP contribution is -2.12. The molecule has 0 fully saturated rings. The van der Waals surface area contributed by atoms with E-state index in [-0.39, 0.29) is 0 Å². The molecule has 6 heteroatoms. The second-order valence-electron chi connectivity index (χ2n) is 7.92. The van der Waals surface area contributed by atoms with E-state index >= 15 is 0 Å². The summed E-state index contributed by atoms with van der Waals surface area (Å²) < 4.78 is 21.7. The third-order valence-corrected chi connectivity index (χ3v) is 6.00. The van der Waals surface area contributed by atoms with Gasteiger partial charge in [0.1, 0.15) is 0 Å². The summed E-state index contributed by atoms with van der Waals surface area (Å²) in [6.07, 6.45) is 17.7. The molecule has 170 valence electrons. The summed E-state index contributed by atoms with van der Waals surface area (Å²) in [4.78, 5) is 0. The molecule has 5 nitrogen and oxygen atoms in total. The molecule has 0 aromatic heterocycles. The van der Waals surface area contributed by atoms with E-state index in [0.717, 1.165) is 25.7 Å². The van der Waals surface area contributed by atoms with E-state index in [0.29, 0.717) is 12.8 Å². The van der Waals surface area contributed by atoms with Crippen molar-refractivity contribution >= 4 is 8.25 Å². The zero-order valence-corrected chi connectivity index (χ0v) is 19.5. The molecule has 0 aromatic carbocycles. The zero-order chi connectivity index (χ0) is 20.9. The molecule has 2 N–H and O–H groups in total. The van der Waals surface area contributed by atoms with Crippen LogP contribution in [0.4, 0.5) is 0 Å². The summed E-state index contributed by atoms with van der Waals surface area (Å²) in [6.45, 7) is 4.43. The van der Waals surface area contributed by atoms with Crippen molar-refractivity contribution in [3.63, 3.8) is 0 Å². The smallest absolute Gasteiger partial charge is 0.323 e. The van der Waals surface area contributed by atoms with Crippen molar-refractivity contribution in [2.24, 2.45) is 0 Å². The topological polar surface area (TPSA) is 76.0 Å². The minimum absolute atomic E-state index is 0.461. The molecule has 0 aliphatic rings. The van der Waals surface area contributed by atoms with Crippen LogP contribution in [0.25, 0.3) is 0 Å². The van der Waals surface area contributed by atoms with Crippen LogP contribution in [0.5, 0.6) is 0 Å². The predicted molar refractivity (Wildman–Crippen MR) is 118 cm³/mol. The number of hydrogen-bond acceptors (Lipinski definition) is 5. The van der Waals surface area contributed by atoms with Gasteiger partial charge in [0.25, 0.3) is 0 Å². The van der Waals surface area contributed by atoms with E-state index in [9.17, 15) is 14.8 Å². The highest BCUT2D eigenvalue weighted by Crippen LogP contribution is 2.29. The Hall–Kier alpha value is 0.0700. The fourth-order valence-electron chi connectivity index (χ4n) is 3.27. The Balaban J connectivity index is 3.49. The molecule has 0 saturated carbocycles. The largest absolute Gasteiger partial charge is 0.368 e. The summed E-state index contributed by atoms with van der Waals surface area (Å²) in [6, 6.07) is 0. The van der Waals surface area contributed by atoms with Crippen LogP contribution in [0.3, 0.4) is 0 Å². The Morgan fingerprint density at radius 3 is 1.18 bits per heavy atom. The van der Waals surface area contributed by atoms with E-state index in [2.05, 4.69) is 13.8 Å². The van der Waals surface area contributed by atoms with E-state index in [1.54, 1.807) is 0 Å². The number of aliphatic hydroxyl groups excluding tert-OH is 2. The Kier molecular flexibility index (Phi) is 21.8. The summed E-state index contributed by atoms with van der Waals surface area (Å²) in [5.41, 5.74) is 0. The molecule has 0 aliphatic heterocycles. The predicted octanol–water partition coefficient (Wildman–Crippen LogP) is 7.11.